The summed E-state index contributed by atoms with van der Waals surface area (Å²) in [4.78, 5) is 11.1. The minimum atomic E-state index is -5.76. The third-order valence-corrected chi connectivity index (χ3v) is 2.30. The second-order valence-electron chi connectivity index (χ2n) is 4.27. The van der Waals surface area contributed by atoms with E-state index in [2.05, 4.69) is 4.18 Å². The second kappa shape index (κ2) is 5.17. The van der Waals surface area contributed by atoms with E-state index in [0.717, 1.165) is 6.92 Å². The van der Waals surface area contributed by atoms with Crippen LogP contribution in [-0.2, 0) is 23.8 Å². The first-order valence-corrected chi connectivity index (χ1v) is 6.07. The molecule has 106 valence electrons. The van der Waals surface area contributed by atoms with Gasteiger partial charge in [0.2, 0.25) is 0 Å². The van der Waals surface area contributed by atoms with Crippen LogP contribution < -0.4 is 0 Å². The number of hydrogen-bond donors (Lipinski definition) is 0. The smallest absolute Gasteiger partial charge is 0.457 e. The van der Waals surface area contributed by atoms with Crippen LogP contribution in [0.15, 0.2) is 11.8 Å². The molecule has 9 heteroatoms. The molecule has 0 N–H and O–H groups in total. The van der Waals surface area contributed by atoms with Gasteiger partial charge in [0.1, 0.15) is 11.4 Å². The first-order chi connectivity index (χ1) is 7.74. The highest BCUT2D eigenvalue weighted by Crippen LogP contribution is 2.26. The molecule has 0 radical (unpaired) electrons. The van der Waals surface area contributed by atoms with Gasteiger partial charge in [0.15, 0.2) is 0 Å². The van der Waals surface area contributed by atoms with Crippen LogP contribution >= 0.6 is 0 Å². The summed E-state index contributed by atoms with van der Waals surface area (Å²) in [5, 5.41) is 0. The molecule has 0 aliphatic rings. The summed E-state index contributed by atoms with van der Waals surface area (Å²) in [5.74, 6) is -1.74. The van der Waals surface area contributed by atoms with Crippen LogP contribution in [0.1, 0.15) is 27.7 Å². The van der Waals surface area contributed by atoms with Crippen molar-refractivity contribution in [1.29, 1.82) is 0 Å². The number of rotatable bonds is 3. The van der Waals surface area contributed by atoms with Gasteiger partial charge in [0.25, 0.3) is 0 Å². The minimum absolute atomic E-state index is 0.522. The zero-order chi connectivity index (χ0) is 14.8. The molecule has 18 heavy (non-hydrogen) atoms. The number of hydrogen-bond acceptors (Lipinski definition) is 5. The van der Waals surface area contributed by atoms with Gasteiger partial charge in [-0.3, -0.25) is 0 Å². The lowest BCUT2D eigenvalue weighted by Crippen LogP contribution is -2.26. The molecule has 0 aliphatic heterocycles. The number of alkyl halides is 3. The van der Waals surface area contributed by atoms with Gasteiger partial charge in [-0.05, 0) is 27.7 Å². The first-order valence-electron chi connectivity index (χ1n) is 4.66. The van der Waals surface area contributed by atoms with E-state index in [9.17, 15) is 26.4 Å². The molecule has 0 rings (SSSR count). The number of ether oxygens (including phenoxy) is 1. The lowest BCUT2D eigenvalue weighted by molar-refractivity contribution is -0.148. The molecule has 0 aromatic carbocycles. The van der Waals surface area contributed by atoms with E-state index in [1.807, 2.05) is 0 Å². The van der Waals surface area contributed by atoms with E-state index in [-0.39, 0.29) is 0 Å². The van der Waals surface area contributed by atoms with E-state index in [0.29, 0.717) is 6.08 Å². The lowest BCUT2D eigenvalue weighted by atomic mass is 10.2. The van der Waals surface area contributed by atoms with Crippen molar-refractivity contribution in [3.8, 4) is 0 Å². The van der Waals surface area contributed by atoms with Crippen molar-refractivity contribution in [1.82, 2.24) is 0 Å². The second-order valence-corrected chi connectivity index (χ2v) is 5.81. The van der Waals surface area contributed by atoms with E-state index >= 15 is 0 Å². The van der Waals surface area contributed by atoms with Crippen LogP contribution in [0.2, 0.25) is 0 Å². The number of allylic oxidation sites excluding steroid dienone is 1. The fourth-order valence-corrected chi connectivity index (χ4v) is 1.23. The lowest BCUT2D eigenvalue weighted by Gasteiger charge is -2.18. The highest BCUT2D eigenvalue weighted by Gasteiger charge is 2.48. The van der Waals surface area contributed by atoms with E-state index in [1.165, 1.54) is 0 Å². The van der Waals surface area contributed by atoms with Crippen molar-refractivity contribution >= 4 is 16.1 Å². The van der Waals surface area contributed by atoms with Gasteiger partial charge in [-0.1, -0.05) is 0 Å². The van der Waals surface area contributed by atoms with E-state index in [1.54, 1.807) is 20.8 Å². The van der Waals surface area contributed by atoms with Gasteiger partial charge < -0.3 is 8.92 Å². The molecule has 0 bridgehead atoms. The van der Waals surface area contributed by atoms with Crippen molar-refractivity contribution in [2.75, 3.05) is 0 Å². The number of carbonyl (C=O) groups is 1. The molecular formula is C9H13F3O5S. The summed E-state index contributed by atoms with van der Waals surface area (Å²) in [7, 11) is -5.76. The Kier molecular flexibility index (Phi) is 4.81. The highest BCUT2D eigenvalue weighted by molar-refractivity contribution is 7.87. The Morgan fingerprint density at radius 3 is 1.94 bits per heavy atom. The fraction of sp³-hybridized carbons (Fsp3) is 0.667. The van der Waals surface area contributed by atoms with Crippen LogP contribution in [0, 0.1) is 0 Å². The molecule has 0 amide bonds. The number of halogens is 3. The Bertz CT molecular complexity index is 442. The summed E-state index contributed by atoms with van der Waals surface area (Å²) < 4.78 is 65.4. The van der Waals surface area contributed by atoms with Crippen molar-refractivity contribution < 1.29 is 35.3 Å². The molecule has 0 aromatic heterocycles. The van der Waals surface area contributed by atoms with E-state index < -0.39 is 33.0 Å². The summed E-state index contributed by atoms with van der Waals surface area (Å²) in [6.07, 6.45) is 0.522. The van der Waals surface area contributed by atoms with E-state index in [4.69, 9.17) is 4.74 Å². The van der Waals surface area contributed by atoms with Crippen molar-refractivity contribution in [3.63, 3.8) is 0 Å². The Hall–Kier alpha value is -1.25. The van der Waals surface area contributed by atoms with Crippen LogP contribution in [-0.4, -0.2) is 25.5 Å². The maximum Gasteiger partial charge on any atom is 0.534 e. The molecule has 0 saturated heterocycles. The van der Waals surface area contributed by atoms with Gasteiger partial charge in [0.05, 0.1) is 6.08 Å². The topological polar surface area (TPSA) is 69.7 Å². The maximum atomic E-state index is 11.9. The molecule has 0 fully saturated rings. The standard InChI is InChI=1S/C9H13F3O5S/c1-6(5-7(13)16-8(2,3)4)17-18(14,15)9(10,11)12/h5H,1-4H3/b6-5+. The first kappa shape index (κ1) is 16.8. The Morgan fingerprint density at radius 1 is 1.17 bits per heavy atom. The van der Waals surface area contributed by atoms with Crippen LogP contribution in [0.3, 0.4) is 0 Å². The molecule has 0 spiro atoms. The Balaban J connectivity index is 4.80. The van der Waals surface area contributed by atoms with Crippen LogP contribution in [0.4, 0.5) is 13.2 Å². The monoisotopic (exact) mass is 290 g/mol. The molecule has 0 saturated carbocycles. The zero-order valence-electron chi connectivity index (χ0n) is 10.2. The van der Waals surface area contributed by atoms with Crippen molar-refractivity contribution in [2.45, 2.75) is 38.8 Å². The SMILES string of the molecule is C/C(=C\C(=O)OC(C)(C)C)OS(=O)(=O)C(F)(F)F. The quantitative estimate of drug-likeness (QED) is 0.262. The third kappa shape index (κ3) is 5.89. The molecule has 5 nitrogen and oxygen atoms in total. The normalized spacial score (nSPS) is 14.3. The van der Waals surface area contributed by atoms with Crippen molar-refractivity contribution in [2.24, 2.45) is 0 Å². The van der Waals surface area contributed by atoms with Gasteiger partial charge in [0, 0.05) is 0 Å². The highest BCUT2D eigenvalue weighted by atomic mass is 32.2. The van der Waals surface area contributed by atoms with Crippen molar-refractivity contribution in [3.05, 3.63) is 11.8 Å². The maximum absolute atomic E-state index is 11.9. The van der Waals surface area contributed by atoms with Crippen LogP contribution in [0.25, 0.3) is 0 Å². The van der Waals surface area contributed by atoms with Gasteiger partial charge in [-0.15, -0.1) is 0 Å². The fourth-order valence-electron chi connectivity index (χ4n) is 0.742. The van der Waals surface area contributed by atoms with Gasteiger partial charge in [-0.25, -0.2) is 4.79 Å². The van der Waals surface area contributed by atoms with Crippen LogP contribution in [0.5, 0.6) is 0 Å². The molecule has 0 atom stereocenters. The average molecular weight is 290 g/mol. The van der Waals surface area contributed by atoms with Gasteiger partial charge in [-0.2, -0.15) is 21.6 Å². The zero-order valence-corrected chi connectivity index (χ0v) is 11.0. The Morgan fingerprint density at radius 2 is 1.61 bits per heavy atom. The number of esters is 1. The predicted octanol–water partition coefficient (Wildman–Crippen LogP) is 2.10. The summed E-state index contributed by atoms with van der Waals surface area (Å²) >= 11 is 0. The third-order valence-electron chi connectivity index (χ3n) is 1.25. The predicted molar refractivity (Wildman–Crippen MR) is 55.7 cm³/mol. The largest absolute Gasteiger partial charge is 0.534 e. The average Bonchev–Trinajstić information content (AvgIpc) is 1.94. The molecular weight excluding hydrogens is 277 g/mol. The minimum Gasteiger partial charge on any atom is -0.457 e. The molecule has 0 unspecified atom stereocenters. The molecule has 0 aromatic rings. The number of carbonyl (C=O) groups excluding carboxylic acids is 1. The summed E-state index contributed by atoms with van der Waals surface area (Å²) in [6, 6.07) is 0. The summed E-state index contributed by atoms with van der Waals surface area (Å²) in [6.45, 7) is 5.53. The molecule has 0 heterocycles. The molecule has 0 aliphatic carbocycles. The summed E-state index contributed by atoms with van der Waals surface area (Å²) in [5.41, 5.74) is -6.40. The van der Waals surface area contributed by atoms with Gasteiger partial charge >= 0.3 is 21.6 Å². The Labute approximate surface area is 103 Å².